The number of nitrogens with one attached hydrogen (secondary N) is 2. The summed E-state index contributed by atoms with van der Waals surface area (Å²) in [5.41, 5.74) is 1.32. The monoisotopic (exact) mass is 762 g/mol. The van der Waals surface area contributed by atoms with E-state index in [1.54, 1.807) is 22.8 Å². The van der Waals surface area contributed by atoms with Crippen molar-refractivity contribution in [1.29, 1.82) is 0 Å². The van der Waals surface area contributed by atoms with Gasteiger partial charge in [0.1, 0.15) is 29.6 Å². The molecule has 2 atom stereocenters. The van der Waals surface area contributed by atoms with E-state index in [4.69, 9.17) is 14.2 Å². The molecule has 2 aliphatic carbocycles. The molecule has 2 N–H and O–H groups in total. The highest BCUT2D eigenvalue weighted by molar-refractivity contribution is 5.99. The van der Waals surface area contributed by atoms with Crippen LogP contribution in [0, 0.1) is 6.92 Å². The number of esters is 1. The summed E-state index contributed by atoms with van der Waals surface area (Å²) in [4.78, 5) is 88.8. The van der Waals surface area contributed by atoms with Crippen molar-refractivity contribution in [3.8, 4) is 5.75 Å². The average molecular weight is 763 g/mol. The lowest BCUT2D eigenvalue weighted by Gasteiger charge is -2.36. The van der Waals surface area contributed by atoms with Gasteiger partial charge in [0.25, 0.3) is 11.8 Å². The highest BCUT2D eigenvalue weighted by Gasteiger charge is 2.36. The number of carbonyl (C=O) groups excluding carboxylic acids is 6. The largest absolute Gasteiger partial charge is 0.483 e. The number of pyridine rings is 1. The van der Waals surface area contributed by atoms with Gasteiger partial charge in [-0.3, -0.25) is 24.0 Å². The zero-order chi connectivity index (χ0) is 38.9. The third kappa shape index (κ3) is 10.2. The van der Waals surface area contributed by atoms with E-state index in [0.29, 0.717) is 23.9 Å². The molecule has 4 fully saturated rings. The molecule has 6 rings (SSSR count). The summed E-state index contributed by atoms with van der Waals surface area (Å²) in [6.45, 7) is 4.97. The van der Waals surface area contributed by atoms with Crippen LogP contribution in [0.2, 0.25) is 0 Å². The van der Waals surface area contributed by atoms with Gasteiger partial charge in [0, 0.05) is 56.6 Å². The SMILES string of the molecule is CCOC(=O)N1CCN(C(=O)C(CCC(=O)OC2CCCCC2)NC(=O)c2cc(OCC(=O)N3CCCC3C(=O)NC3CCC3)c3ccc(C)cc3n2)CC1. The summed E-state index contributed by atoms with van der Waals surface area (Å²) >= 11 is 0. The number of amides is 5. The first kappa shape index (κ1) is 39.7. The van der Waals surface area contributed by atoms with Gasteiger partial charge in [0.2, 0.25) is 11.8 Å². The molecule has 15 heteroatoms. The summed E-state index contributed by atoms with van der Waals surface area (Å²) in [7, 11) is 0. The van der Waals surface area contributed by atoms with Crippen LogP contribution in [0.25, 0.3) is 10.9 Å². The number of hydrogen-bond donors (Lipinski definition) is 2. The highest BCUT2D eigenvalue weighted by atomic mass is 16.6. The van der Waals surface area contributed by atoms with Gasteiger partial charge in [-0.05, 0) is 95.8 Å². The molecule has 2 saturated carbocycles. The summed E-state index contributed by atoms with van der Waals surface area (Å²) in [6.07, 6.45) is 8.39. The predicted molar refractivity (Wildman–Crippen MR) is 201 cm³/mol. The standard InChI is InChI=1S/C40H54N6O9/c1-3-53-40(52)45-21-19-44(20-22-45)39(51)30(16-17-36(48)55-28-11-5-4-6-12-28)43-37(49)32-24-34(29-15-14-26(2)23-31(29)42-32)54-25-35(47)46-18-8-13-33(46)38(50)41-27-9-7-10-27/h14-15,23-24,27-28,30,33H,3-13,16-22,25H2,1-2H3,(H,41,50)(H,43,49). The summed E-state index contributed by atoms with van der Waals surface area (Å²) < 4.78 is 16.9. The van der Waals surface area contributed by atoms with Gasteiger partial charge in [-0.25, -0.2) is 9.78 Å². The molecule has 2 aromatic rings. The van der Waals surface area contributed by atoms with Crippen molar-refractivity contribution < 1.29 is 43.0 Å². The molecule has 1 aromatic carbocycles. The zero-order valence-corrected chi connectivity index (χ0v) is 32.0. The number of ether oxygens (including phenoxy) is 3. The smallest absolute Gasteiger partial charge is 0.409 e. The van der Waals surface area contributed by atoms with E-state index in [1.165, 1.54) is 11.0 Å². The van der Waals surface area contributed by atoms with Crippen molar-refractivity contribution in [3.63, 3.8) is 0 Å². The number of fused-ring (bicyclic) bond motifs is 1. The third-order valence-electron chi connectivity index (χ3n) is 11.0. The molecule has 3 heterocycles. The minimum Gasteiger partial charge on any atom is -0.483 e. The van der Waals surface area contributed by atoms with Gasteiger partial charge in [0.05, 0.1) is 12.1 Å². The third-order valence-corrected chi connectivity index (χ3v) is 11.0. The second-order valence-corrected chi connectivity index (χ2v) is 15.0. The Kier molecular flexibility index (Phi) is 13.4. The van der Waals surface area contributed by atoms with E-state index in [9.17, 15) is 28.8 Å². The minimum atomic E-state index is -1.08. The van der Waals surface area contributed by atoms with Crippen molar-refractivity contribution in [2.24, 2.45) is 0 Å². The second kappa shape index (κ2) is 18.6. The number of nitrogens with zero attached hydrogens (tertiary/aromatic N) is 4. The topological polar surface area (TPSA) is 177 Å². The van der Waals surface area contributed by atoms with Crippen molar-refractivity contribution in [3.05, 3.63) is 35.5 Å². The lowest BCUT2D eigenvalue weighted by molar-refractivity contribution is -0.151. The Morgan fingerprint density at radius 1 is 0.873 bits per heavy atom. The Morgan fingerprint density at radius 3 is 2.33 bits per heavy atom. The van der Waals surface area contributed by atoms with Gasteiger partial charge in [-0.2, -0.15) is 0 Å². The number of rotatable bonds is 13. The maximum atomic E-state index is 14.0. The molecule has 2 saturated heterocycles. The number of aromatic nitrogens is 1. The Hall–Kier alpha value is -4.95. The van der Waals surface area contributed by atoms with Crippen LogP contribution in [0.5, 0.6) is 5.75 Å². The normalized spacial score (nSPS) is 19.7. The number of benzene rings is 1. The lowest BCUT2D eigenvalue weighted by Crippen LogP contribution is -2.56. The first-order valence-corrected chi connectivity index (χ1v) is 19.9. The molecule has 1 aromatic heterocycles. The van der Waals surface area contributed by atoms with E-state index in [0.717, 1.165) is 63.4 Å². The molecule has 0 radical (unpaired) electrons. The van der Waals surface area contributed by atoms with Gasteiger partial charge in [-0.15, -0.1) is 0 Å². The van der Waals surface area contributed by atoms with Crippen LogP contribution in [0.3, 0.4) is 0 Å². The summed E-state index contributed by atoms with van der Waals surface area (Å²) in [5, 5.41) is 6.47. The van der Waals surface area contributed by atoms with Crippen LogP contribution in [-0.2, 0) is 28.7 Å². The first-order chi connectivity index (χ1) is 26.6. The molecule has 2 unspecified atom stereocenters. The van der Waals surface area contributed by atoms with Crippen LogP contribution >= 0.6 is 0 Å². The summed E-state index contributed by atoms with van der Waals surface area (Å²) in [5.74, 6) is -1.67. The van der Waals surface area contributed by atoms with E-state index in [2.05, 4.69) is 15.6 Å². The van der Waals surface area contributed by atoms with E-state index in [-0.39, 0.29) is 93.5 Å². The van der Waals surface area contributed by atoms with E-state index >= 15 is 0 Å². The average Bonchev–Trinajstić information content (AvgIpc) is 3.67. The van der Waals surface area contributed by atoms with Crippen molar-refractivity contribution in [2.45, 2.75) is 115 Å². The number of likely N-dealkylation sites (tertiary alicyclic amines) is 1. The molecular weight excluding hydrogens is 708 g/mol. The van der Waals surface area contributed by atoms with Crippen molar-refractivity contribution in [1.82, 2.24) is 30.3 Å². The second-order valence-electron chi connectivity index (χ2n) is 15.0. The van der Waals surface area contributed by atoms with E-state index < -0.39 is 30.1 Å². The van der Waals surface area contributed by atoms with Crippen LogP contribution in [0.1, 0.15) is 100 Å². The predicted octanol–water partition coefficient (Wildman–Crippen LogP) is 3.64. The Labute approximate surface area is 321 Å². The van der Waals surface area contributed by atoms with Crippen LogP contribution in [0.4, 0.5) is 4.79 Å². The Morgan fingerprint density at radius 2 is 1.62 bits per heavy atom. The molecule has 15 nitrogen and oxygen atoms in total. The summed E-state index contributed by atoms with van der Waals surface area (Å²) in [6, 6.07) is 5.48. The number of piperazine rings is 1. The lowest BCUT2D eigenvalue weighted by atomic mass is 9.93. The molecule has 2 aliphatic heterocycles. The molecular formula is C40H54N6O9. The maximum absolute atomic E-state index is 14.0. The number of carbonyl (C=O) groups is 6. The molecule has 4 aliphatic rings. The molecule has 0 bridgehead atoms. The van der Waals surface area contributed by atoms with Crippen molar-refractivity contribution >= 4 is 46.6 Å². The van der Waals surface area contributed by atoms with Crippen LogP contribution in [-0.4, -0.2) is 126 Å². The van der Waals surface area contributed by atoms with Gasteiger partial charge >= 0.3 is 12.1 Å². The van der Waals surface area contributed by atoms with Gasteiger partial charge < -0.3 is 39.5 Å². The maximum Gasteiger partial charge on any atom is 0.409 e. The highest BCUT2D eigenvalue weighted by Crippen LogP contribution is 2.28. The fraction of sp³-hybridized carbons (Fsp3) is 0.625. The Balaban J connectivity index is 1.16. The quantitative estimate of drug-likeness (QED) is 0.287. The molecule has 0 spiro atoms. The number of hydrogen-bond acceptors (Lipinski definition) is 10. The first-order valence-electron chi connectivity index (χ1n) is 19.9. The van der Waals surface area contributed by atoms with Crippen LogP contribution in [0.15, 0.2) is 24.3 Å². The minimum absolute atomic E-state index is 0.00406. The zero-order valence-electron chi connectivity index (χ0n) is 32.0. The van der Waals surface area contributed by atoms with Gasteiger partial charge in [-0.1, -0.05) is 12.5 Å². The van der Waals surface area contributed by atoms with E-state index in [1.807, 2.05) is 19.1 Å². The molecule has 55 heavy (non-hydrogen) atoms. The van der Waals surface area contributed by atoms with Crippen molar-refractivity contribution in [2.75, 3.05) is 45.9 Å². The fourth-order valence-corrected chi connectivity index (χ4v) is 7.68. The van der Waals surface area contributed by atoms with Gasteiger partial charge in [0.15, 0.2) is 6.61 Å². The number of aryl methyl sites for hydroxylation is 1. The fourth-order valence-electron chi connectivity index (χ4n) is 7.68. The molecule has 298 valence electrons. The Bertz CT molecular complexity index is 1730. The van der Waals surface area contributed by atoms with Crippen LogP contribution < -0.4 is 15.4 Å². The molecule has 5 amide bonds.